The number of furan rings is 1. The molecule has 2 N–H and O–H groups in total. The molecular weight excluding hydrogens is 426 g/mol. The number of benzene rings is 2. The van der Waals surface area contributed by atoms with Gasteiger partial charge in [-0.15, -0.1) is 0 Å². The minimum Gasteiger partial charge on any atom is -0.465 e. The number of nitrogens with one attached hydrogen (secondary N) is 2. The highest BCUT2D eigenvalue weighted by Crippen LogP contribution is 2.22. The van der Waals surface area contributed by atoms with Gasteiger partial charge in [-0.2, -0.15) is 0 Å². The second kappa shape index (κ2) is 10.9. The van der Waals surface area contributed by atoms with Crippen LogP contribution in [-0.4, -0.2) is 24.9 Å². The van der Waals surface area contributed by atoms with Gasteiger partial charge < -0.3 is 20.0 Å². The van der Waals surface area contributed by atoms with Crippen molar-refractivity contribution in [2.45, 2.75) is 39.2 Å². The van der Waals surface area contributed by atoms with Crippen LogP contribution in [0.15, 0.2) is 77.0 Å². The summed E-state index contributed by atoms with van der Waals surface area (Å²) >= 11 is 0. The van der Waals surface area contributed by atoms with E-state index in [2.05, 4.69) is 39.8 Å². The number of carbonyl (C=O) groups excluding carboxylic acids is 2. The summed E-state index contributed by atoms with van der Waals surface area (Å²) < 4.78 is 5.37. The van der Waals surface area contributed by atoms with E-state index in [9.17, 15) is 9.59 Å². The van der Waals surface area contributed by atoms with E-state index in [1.165, 1.54) is 37.3 Å². The van der Waals surface area contributed by atoms with Gasteiger partial charge in [0.05, 0.1) is 12.3 Å². The van der Waals surface area contributed by atoms with E-state index in [1.54, 1.807) is 24.3 Å². The van der Waals surface area contributed by atoms with Gasteiger partial charge in [-0.1, -0.05) is 29.8 Å². The third kappa shape index (κ3) is 5.95. The Morgan fingerprint density at radius 3 is 2.44 bits per heavy atom. The molecule has 6 nitrogen and oxygen atoms in total. The summed E-state index contributed by atoms with van der Waals surface area (Å²) in [5.74, 6) is -0.256. The molecule has 0 aliphatic carbocycles. The number of rotatable bonds is 7. The standard InChI is InChI=1S/C28H31N3O3/c1-20-8-6-9-23(18-20)27(32)30-26(19-25-10-7-17-34-25)28(33)29-21(2)22-11-13-24(14-12-22)31-15-4-3-5-16-31/h6-14,17-19,21H,3-5,15-16H2,1-2H3,(H,29,33)(H,30,32)/b26-19-. The van der Waals surface area contributed by atoms with Crippen LogP contribution in [-0.2, 0) is 4.79 Å². The number of aryl methyl sites for hydroxylation is 1. The van der Waals surface area contributed by atoms with Gasteiger partial charge in [-0.3, -0.25) is 9.59 Å². The number of carbonyl (C=O) groups is 2. The molecule has 0 saturated carbocycles. The lowest BCUT2D eigenvalue weighted by Crippen LogP contribution is -2.36. The lowest BCUT2D eigenvalue weighted by Gasteiger charge is -2.29. The zero-order valence-corrected chi connectivity index (χ0v) is 19.7. The van der Waals surface area contributed by atoms with Crippen molar-refractivity contribution in [1.29, 1.82) is 0 Å². The fourth-order valence-electron chi connectivity index (χ4n) is 4.14. The first-order valence-electron chi connectivity index (χ1n) is 11.8. The molecule has 2 heterocycles. The number of hydrogen-bond donors (Lipinski definition) is 2. The van der Waals surface area contributed by atoms with Crippen LogP contribution in [0.5, 0.6) is 0 Å². The second-order valence-electron chi connectivity index (χ2n) is 8.73. The molecule has 0 radical (unpaired) electrons. The summed E-state index contributed by atoms with van der Waals surface area (Å²) in [5.41, 5.74) is 3.79. The minimum atomic E-state index is -0.384. The molecule has 2 aromatic carbocycles. The lowest BCUT2D eigenvalue weighted by molar-refractivity contribution is -0.118. The quantitative estimate of drug-likeness (QED) is 0.477. The Morgan fingerprint density at radius 2 is 1.76 bits per heavy atom. The van der Waals surface area contributed by atoms with Crippen LogP contribution < -0.4 is 15.5 Å². The second-order valence-corrected chi connectivity index (χ2v) is 8.73. The van der Waals surface area contributed by atoms with Gasteiger partial charge in [-0.05, 0) is 75.1 Å². The summed E-state index contributed by atoms with van der Waals surface area (Å²) in [6.07, 6.45) is 6.82. The van der Waals surface area contributed by atoms with Crippen molar-refractivity contribution in [1.82, 2.24) is 10.6 Å². The van der Waals surface area contributed by atoms with E-state index < -0.39 is 0 Å². The maximum atomic E-state index is 13.2. The van der Waals surface area contributed by atoms with E-state index >= 15 is 0 Å². The minimum absolute atomic E-state index is 0.123. The van der Waals surface area contributed by atoms with Gasteiger partial charge >= 0.3 is 0 Å². The average Bonchev–Trinajstić information content (AvgIpc) is 3.37. The third-order valence-corrected chi connectivity index (χ3v) is 6.06. The fourth-order valence-corrected chi connectivity index (χ4v) is 4.14. The van der Waals surface area contributed by atoms with Crippen LogP contribution >= 0.6 is 0 Å². The van der Waals surface area contributed by atoms with Crippen LogP contribution in [0.2, 0.25) is 0 Å². The van der Waals surface area contributed by atoms with Gasteiger partial charge in [0.1, 0.15) is 11.5 Å². The van der Waals surface area contributed by atoms with Crippen molar-refractivity contribution in [3.8, 4) is 0 Å². The predicted molar refractivity (Wildman–Crippen MR) is 134 cm³/mol. The zero-order valence-electron chi connectivity index (χ0n) is 19.7. The predicted octanol–water partition coefficient (Wildman–Crippen LogP) is 5.23. The molecule has 1 atom stereocenters. The van der Waals surface area contributed by atoms with Gasteiger partial charge in [0, 0.05) is 30.4 Å². The maximum absolute atomic E-state index is 13.2. The van der Waals surface area contributed by atoms with Crippen molar-refractivity contribution >= 4 is 23.6 Å². The lowest BCUT2D eigenvalue weighted by atomic mass is 10.1. The van der Waals surface area contributed by atoms with Crippen molar-refractivity contribution in [3.63, 3.8) is 0 Å². The molecule has 6 heteroatoms. The van der Waals surface area contributed by atoms with E-state index in [1.807, 2.05) is 26.0 Å². The first kappa shape index (κ1) is 23.4. The van der Waals surface area contributed by atoms with Gasteiger partial charge in [0.2, 0.25) is 0 Å². The highest BCUT2D eigenvalue weighted by atomic mass is 16.3. The molecule has 0 bridgehead atoms. The third-order valence-electron chi connectivity index (χ3n) is 6.06. The average molecular weight is 458 g/mol. The van der Waals surface area contributed by atoms with Crippen molar-refractivity contribution in [2.24, 2.45) is 0 Å². The molecule has 1 aliphatic rings. The van der Waals surface area contributed by atoms with Crippen LogP contribution in [0.1, 0.15) is 59.5 Å². The van der Waals surface area contributed by atoms with Crippen molar-refractivity contribution in [3.05, 3.63) is 95.1 Å². The first-order valence-corrected chi connectivity index (χ1v) is 11.8. The highest BCUT2D eigenvalue weighted by Gasteiger charge is 2.18. The number of anilines is 1. The molecular formula is C28H31N3O3. The molecule has 34 heavy (non-hydrogen) atoms. The van der Waals surface area contributed by atoms with E-state index in [-0.39, 0.29) is 23.6 Å². The SMILES string of the molecule is Cc1cccc(C(=O)N/C(=C\c2ccco2)C(=O)NC(C)c2ccc(N3CCCCC3)cc2)c1. The molecule has 176 valence electrons. The summed E-state index contributed by atoms with van der Waals surface area (Å²) in [6.45, 7) is 6.03. The van der Waals surface area contributed by atoms with E-state index in [0.29, 0.717) is 11.3 Å². The fraction of sp³-hybridized carbons (Fsp3) is 0.286. The maximum Gasteiger partial charge on any atom is 0.268 e. The Bertz CT molecular complexity index is 1140. The van der Waals surface area contributed by atoms with E-state index in [4.69, 9.17) is 4.42 Å². The molecule has 4 rings (SSSR count). The number of hydrogen-bond acceptors (Lipinski definition) is 4. The Hall–Kier alpha value is -3.80. The zero-order chi connectivity index (χ0) is 23.9. The van der Waals surface area contributed by atoms with Gasteiger partial charge in [0.15, 0.2) is 0 Å². The highest BCUT2D eigenvalue weighted by molar-refractivity contribution is 6.05. The summed E-state index contributed by atoms with van der Waals surface area (Å²) in [7, 11) is 0. The van der Waals surface area contributed by atoms with Crippen LogP contribution in [0.4, 0.5) is 5.69 Å². The smallest absolute Gasteiger partial charge is 0.268 e. The van der Waals surface area contributed by atoms with Crippen LogP contribution in [0, 0.1) is 6.92 Å². The van der Waals surface area contributed by atoms with Gasteiger partial charge in [0.25, 0.3) is 11.8 Å². The van der Waals surface area contributed by atoms with Crippen LogP contribution in [0.25, 0.3) is 6.08 Å². The Morgan fingerprint density at radius 1 is 1.00 bits per heavy atom. The molecule has 0 spiro atoms. The largest absolute Gasteiger partial charge is 0.465 e. The monoisotopic (exact) mass is 457 g/mol. The molecule has 1 saturated heterocycles. The summed E-state index contributed by atoms with van der Waals surface area (Å²) in [5, 5.41) is 5.75. The Labute approximate surface area is 200 Å². The molecule has 1 aliphatic heterocycles. The van der Waals surface area contributed by atoms with Gasteiger partial charge in [-0.25, -0.2) is 0 Å². The van der Waals surface area contributed by atoms with Crippen LogP contribution in [0.3, 0.4) is 0 Å². The molecule has 1 aromatic heterocycles. The van der Waals surface area contributed by atoms with Crippen molar-refractivity contribution in [2.75, 3.05) is 18.0 Å². The van der Waals surface area contributed by atoms with Crippen molar-refractivity contribution < 1.29 is 14.0 Å². The number of amides is 2. The number of piperidine rings is 1. The Balaban J connectivity index is 1.47. The molecule has 2 amide bonds. The topological polar surface area (TPSA) is 74.6 Å². The molecule has 1 fully saturated rings. The summed E-state index contributed by atoms with van der Waals surface area (Å²) in [4.78, 5) is 28.4. The summed E-state index contributed by atoms with van der Waals surface area (Å²) in [6, 6.07) is 18.8. The number of nitrogens with zero attached hydrogens (tertiary/aromatic N) is 1. The normalized spacial score (nSPS) is 15.0. The Kier molecular flexibility index (Phi) is 7.48. The van der Waals surface area contributed by atoms with E-state index in [0.717, 1.165) is 24.2 Å². The molecule has 3 aromatic rings. The first-order chi connectivity index (χ1) is 16.5. The molecule has 1 unspecified atom stereocenters.